The molecule has 0 saturated heterocycles. The van der Waals surface area contributed by atoms with Gasteiger partial charge in [0.2, 0.25) is 0 Å². The van der Waals surface area contributed by atoms with Crippen molar-refractivity contribution in [1.29, 1.82) is 0 Å². The highest BCUT2D eigenvalue weighted by Gasteiger charge is 2.38. The number of ketones is 1. The molecule has 1 fully saturated rings. The predicted molar refractivity (Wildman–Crippen MR) is 149 cm³/mol. The fourth-order valence-electron chi connectivity index (χ4n) is 4.91. The summed E-state index contributed by atoms with van der Waals surface area (Å²) < 4.78 is 43.8. The molecular weight excluding hydrogens is 551 g/mol. The first-order valence-corrected chi connectivity index (χ1v) is 13.5. The van der Waals surface area contributed by atoms with E-state index in [2.05, 4.69) is 22.4 Å². The summed E-state index contributed by atoms with van der Waals surface area (Å²) in [5.41, 5.74) is 0.540. The Morgan fingerprint density at radius 3 is 2.36 bits per heavy atom. The zero-order chi connectivity index (χ0) is 30.3. The average Bonchev–Trinajstić information content (AvgIpc) is 3.48. The Morgan fingerprint density at radius 1 is 1.00 bits per heavy atom. The van der Waals surface area contributed by atoms with Gasteiger partial charge in [0.15, 0.2) is 5.78 Å². The van der Waals surface area contributed by atoms with Gasteiger partial charge >= 0.3 is 12.1 Å². The summed E-state index contributed by atoms with van der Waals surface area (Å²) >= 11 is 0. The van der Waals surface area contributed by atoms with Crippen LogP contribution in [0.15, 0.2) is 77.6 Å². The zero-order valence-corrected chi connectivity index (χ0v) is 22.9. The molecular formula is C31H30F3N3O5. The number of carbonyl (C=O) groups is 2. The van der Waals surface area contributed by atoms with E-state index < -0.39 is 35.1 Å². The van der Waals surface area contributed by atoms with Crippen LogP contribution in [-0.4, -0.2) is 38.5 Å². The molecule has 1 N–H and O–H groups in total. The van der Waals surface area contributed by atoms with E-state index in [-0.39, 0.29) is 16.7 Å². The third-order valence-electron chi connectivity index (χ3n) is 7.16. The summed E-state index contributed by atoms with van der Waals surface area (Å²) in [6.45, 7) is 0.617. The van der Waals surface area contributed by atoms with Crippen LogP contribution in [0.2, 0.25) is 0 Å². The Kier molecular flexibility index (Phi) is 9.72. The molecule has 220 valence electrons. The summed E-state index contributed by atoms with van der Waals surface area (Å²) in [4.78, 5) is 35.4. The molecule has 0 unspecified atom stereocenters. The molecule has 1 aromatic heterocycles. The van der Waals surface area contributed by atoms with Gasteiger partial charge in [0.25, 0.3) is 5.56 Å². The van der Waals surface area contributed by atoms with Gasteiger partial charge in [-0.1, -0.05) is 42.0 Å². The molecule has 0 spiro atoms. The van der Waals surface area contributed by atoms with Gasteiger partial charge in [-0.25, -0.2) is 4.68 Å². The zero-order valence-electron chi connectivity index (χ0n) is 22.9. The molecule has 3 aromatic carbocycles. The van der Waals surface area contributed by atoms with E-state index in [9.17, 15) is 32.7 Å². The average molecular weight is 582 g/mol. The first-order valence-electron chi connectivity index (χ1n) is 13.5. The van der Waals surface area contributed by atoms with E-state index in [1.54, 1.807) is 24.3 Å². The van der Waals surface area contributed by atoms with E-state index in [0.717, 1.165) is 47.9 Å². The van der Waals surface area contributed by atoms with Crippen molar-refractivity contribution >= 4 is 22.7 Å². The number of halogens is 3. The van der Waals surface area contributed by atoms with E-state index in [4.69, 9.17) is 4.74 Å². The highest BCUT2D eigenvalue weighted by Crippen LogP contribution is 2.34. The standard InChI is InChI=1S/C22H24O4.C9H6F3N3O/c23-21(19-9-4-10-20(19)22(24)25)17-11-13-18(14-12-17)26-15-5-8-16-6-2-1-3-7-16;1-15-8(16)6-4-5(9(10,11)12)2-3-7(6)13-14-15/h1-3,6-7,11-14,19-20H,4-5,8-10,15H2,(H,24,25);2-4H,1H3/t19-,20-;/m0./s1. The van der Waals surface area contributed by atoms with Gasteiger partial charge in [0, 0.05) is 18.5 Å². The van der Waals surface area contributed by atoms with Crippen LogP contribution in [0.25, 0.3) is 10.9 Å². The number of hydrogen-bond donors (Lipinski definition) is 1. The van der Waals surface area contributed by atoms with E-state index in [0.29, 0.717) is 25.0 Å². The quantitative estimate of drug-likeness (QED) is 0.209. The maximum Gasteiger partial charge on any atom is 0.416 e. The molecule has 0 aliphatic heterocycles. The minimum atomic E-state index is -4.47. The number of hydrogen-bond acceptors (Lipinski definition) is 6. The van der Waals surface area contributed by atoms with Crippen LogP contribution in [0.1, 0.15) is 47.2 Å². The monoisotopic (exact) mass is 581 g/mol. The molecule has 8 nitrogen and oxygen atoms in total. The van der Waals surface area contributed by atoms with E-state index in [1.165, 1.54) is 12.6 Å². The lowest BCUT2D eigenvalue weighted by Crippen LogP contribution is -2.25. The number of carbonyl (C=O) groups excluding carboxylic acids is 1. The molecule has 11 heteroatoms. The van der Waals surface area contributed by atoms with Crippen LogP contribution in [0.5, 0.6) is 5.75 Å². The van der Waals surface area contributed by atoms with Gasteiger partial charge in [0.05, 0.1) is 23.5 Å². The van der Waals surface area contributed by atoms with Gasteiger partial charge in [-0.15, -0.1) is 5.10 Å². The van der Waals surface area contributed by atoms with Crippen molar-refractivity contribution in [3.05, 3.63) is 99.8 Å². The maximum atomic E-state index is 12.6. The molecule has 0 radical (unpaired) electrons. The second-order valence-corrected chi connectivity index (χ2v) is 10.1. The molecule has 0 bridgehead atoms. The summed E-state index contributed by atoms with van der Waals surface area (Å²) in [7, 11) is 1.33. The first kappa shape index (κ1) is 30.4. The number of carboxylic acids is 1. The van der Waals surface area contributed by atoms with E-state index >= 15 is 0 Å². The molecule has 42 heavy (non-hydrogen) atoms. The number of benzene rings is 3. The number of alkyl halides is 3. The molecule has 2 atom stereocenters. The highest BCUT2D eigenvalue weighted by molar-refractivity contribution is 6.00. The Morgan fingerprint density at radius 2 is 1.69 bits per heavy atom. The molecule has 1 saturated carbocycles. The smallest absolute Gasteiger partial charge is 0.416 e. The lowest BCUT2D eigenvalue weighted by atomic mass is 9.88. The molecule has 1 aliphatic carbocycles. The number of aliphatic carboxylic acids is 1. The topological polar surface area (TPSA) is 111 Å². The Hall–Kier alpha value is -4.54. The highest BCUT2D eigenvalue weighted by atomic mass is 19.4. The van der Waals surface area contributed by atoms with Crippen LogP contribution >= 0.6 is 0 Å². The van der Waals surface area contributed by atoms with Gasteiger partial charge < -0.3 is 9.84 Å². The van der Waals surface area contributed by atoms with Crippen LogP contribution < -0.4 is 10.3 Å². The third kappa shape index (κ3) is 7.59. The summed E-state index contributed by atoms with van der Waals surface area (Å²) in [6.07, 6.45) is -0.525. The molecule has 5 rings (SSSR count). The van der Waals surface area contributed by atoms with Gasteiger partial charge in [-0.2, -0.15) is 13.2 Å². The van der Waals surface area contributed by atoms with Crippen molar-refractivity contribution in [2.24, 2.45) is 18.9 Å². The number of Topliss-reactive ketones (excluding diaryl/α,β-unsaturated/α-hetero) is 1. The van der Waals surface area contributed by atoms with Gasteiger partial charge in [0.1, 0.15) is 11.3 Å². The SMILES string of the molecule is Cn1nnc2ccc(C(F)(F)F)cc2c1=O.O=C(O)[C@H]1CCC[C@@H]1C(=O)c1ccc(OCCCc2ccccc2)cc1. The van der Waals surface area contributed by atoms with Crippen LogP contribution in [0, 0.1) is 11.8 Å². The largest absolute Gasteiger partial charge is 0.494 e. The Bertz CT molecular complexity index is 1590. The van der Waals surface area contributed by atoms with Crippen molar-refractivity contribution in [2.75, 3.05) is 6.61 Å². The summed E-state index contributed by atoms with van der Waals surface area (Å²) in [5.74, 6) is -1.14. The van der Waals surface area contributed by atoms with Gasteiger partial charge in [-0.05, 0) is 73.7 Å². The number of aromatic nitrogens is 3. The third-order valence-corrected chi connectivity index (χ3v) is 7.16. The van der Waals surface area contributed by atoms with Crippen molar-refractivity contribution < 1.29 is 32.6 Å². The Labute approximate surface area is 239 Å². The number of fused-ring (bicyclic) bond motifs is 1. The molecule has 1 heterocycles. The molecule has 0 amide bonds. The predicted octanol–water partition coefficient (Wildman–Crippen LogP) is 5.73. The lowest BCUT2D eigenvalue weighted by Gasteiger charge is -2.14. The van der Waals surface area contributed by atoms with Crippen LogP contribution in [-0.2, 0) is 24.4 Å². The fourth-order valence-corrected chi connectivity index (χ4v) is 4.91. The Balaban J connectivity index is 0.000000216. The first-order chi connectivity index (χ1) is 20.0. The second-order valence-electron chi connectivity index (χ2n) is 10.1. The minimum absolute atomic E-state index is 0.0643. The minimum Gasteiger partial charge on any atom is -0.494 e. The van der Waals surface area contributed by atoms with Crippen molar-refractivity contribution in [1.82, 2.24) is 15.0 Å². The number of carboxylic acid groups (broad SMARTS) is 1. The fraction of sp³-hybridized carbons (Fsp3) is 0.323. The number of nitrogens with zero attached hydrogens (tertiary/aromatic N) is 3. The van der Waals surface area contributed by atoms with E-state index in [1.807, 2.05) is 18.2 Å². The summed E-state index contributed by atoms with van der Waals surface area (Å²) in [6, 6.07) is 20.1. The summed E-state index contributed by atoms with van der Waals surface area (Å²) in [5, 5.41) is 16.2. The van der Waals surface area contributed by atoms with Crippen molar-refractivity contribution in [3.63, 3.8) is 0 Å². The van der Waals surface area contributed by atoms with Crippen LogP contribution in [0.3, 0.4) is 0 Å². The number of aryl methyl sites for hydroxylation is 2. The van der Waals surface area contributed by atoms with Crippen molar-refractivity contribution in [2.45, 2.75) is 38.3 Å². The number of rotatable bonds is 8. The molecule has 1 aliphatic rings. The van der Waals surface area contributed by atoms with Crippen molar-refractivity contribution in [3.8, 4) is 5.75 Å². The normalized spacial score (nSPS) is 16.5. The lowest BCUT2D eigenvalue weighted by molar-refractivity contribution is -0.142. The van der Waals surface area contributed by atoms with Gasteiger partial charge in [-0.3, -0.25) is 14.4 Å². The maximum absolute atomic E-state index is 12.6. The van der Waals surface area contributed by atoms with Crippen LogP contribution in [0.4, 0.5) is 13.2 Å². The molecule has 4 aromatic rings. The second kappa shape index (κ2) is 13.4. The number of ether oxygens (including phenoxy) is 1.